The van der Waals surface area contributed by atoms with Gasteiger partial charge < -0.3 is 0 Å². The van der Waals surface area contributed by atoms with Crippen molar-refractivity contribution in [3.8, 4) is 0 Å². The van der Waals surface area contributed by atoms with Crippen LogP contribution in [0.4, 0.5) is 5.69 Å². The largest absolute Gasteiger partial charge is 0.296 e. The number of nitrogens with one attached hydrogen (secondary N) is 1. The standard InChI is InChI=1S/C12H12N2O4S/c15-11-5-4-8(12(16)13-11)7-19-10-3-1-2-9(6-10)14(17)18/h1-3,6,8H,4-5,7H2,(H,13,15,16). The Kier molecular flexibility index (Phi) is 4.16. The van der Waals surface area contributed by atoms with E-state index in [4.69, 9.17) is 0 Å². The van der Waals surface area contributed by atoms with Crippen LogP contribution in [0.1, 0.15) is 12.8 Å². The first-order valence-corrected chi connectivity index (χ1v) is 6.76. The topological polar surface area (TPSA) is 89.3 Å². The second kappa shape index (κ2) is 5.83. The fraction of sp³-hybridized carbons (Fsp3) is 0.333. The van der Waals surface area contributed by atoms with Crippen molar-refractivity contribution in [1.29, 1.82) is 0 Å². The third-order valence-corrected chi connectivity index (χ3v) is 3.99. The van der Waals surface area contributed by atoms with Gasteiger partial charge in [-0.05, 0) is 12.5 Å². The molecule has 1 aliphatic rings. The Morgan fingerprint density at radius 1 is 1.42 bits per heavy atom. The van der Waals surface area contributed by atoms with E-state index >= 15 is 0 Å². The molecule has 1 atom stereocenters. The molecule has 1 heterocycles. The minimum Gasteiger partial charge on any atom is -0.296 e. The van der Waals surface area contributed by atoms with Crippen molar-refractivity contribution in [2.75, 3.05) is 5.75 Å². The monoisotopic (exact) mass is 280 g/mol. The van der Waals surface area contributed by atoms with Gasteiger partial charge in [0.1, 0.15) is 0 Å². The predicted molar refractivity (Wildman–Crippen MR) is 69.7 cm³/mol. The van der Waals surface area contributed by atoms with Crippen molar-refractivity contribution in [3.05, 3.63) is 34.4 Å². The van der Waals surface area contributed by atoms with E-state index in [1.54, 1.807) is 12.1 Å². The molecule has 2 rings (SSSR count). The minimum atomic E-state index is -0.448. The van der Waals surface area contributed by atoms with E-state index in [1.807, 2.05) is 0 Å². The zero-order chi connectivity index (χ0) is 13.8. The van der Waals surface area contributed by atoms with Crippen molar-refractivity contribution < 1.29 is 14.5 Å². The molecule has 2 amide bonds. The van der Waals surface area contributed by atoms with Gasteiger partial charge in [-0.15, -0.1) is 11.8 Å². The SMILES string of the molecule is O=C1CCC(CSc2cccc([N+](=O)[O-])c2)C(=O)N1. The Balaban J connectivity index is 1.95. The number of imide groups is 1. The summed E-state index contributed by atoms with van der Waals surface area (Å²) in [5.41, 5.74) is 0.0354. The molecule has 19 heavy (non-hydrogen) atoms. The summed E-state index contributed by atoms with van der Waals surface area (Å²) in [6.45, 7) is 0. The number of benzene rings is 1. The zero-order valence-electron chi connectivity index (χ0n) is 10.00. The number of thioether (sulfide) groups is 1. The van der Waals surface area contributed by atoms with Crippen LogP contribution in [0.15, 0.2) is 29.2 Å². The summed E-state index contributed by atoms with van der Waals surface area (Å²) < 4.78 is 0. The third-order valence-electron chi connectivity index (χ3n) is 2.83. The molecule has 1 fully saturated rings. The zero-order valence-corrected chi connectivity index (χ0v) is 10.8. The molecule has 100 valence electrons. The van der Waals surface area contributed by atoms with Crippen LogP contribution in [-0.4, -0.2) is 22.5 Å². The molecule has 0 radical (unpaired) electrons. The molecular formula is C12H12N2O4S. The van der Waals surface area contributed by atoms with E-state index in [9.17, 15) is 19.7 Å². The van der Waals surface area contributed by atoms with Gasteiger partial charge >= 0.3 is 0 Å². The summed E-state index contributed by atoms with van der Waals surface area (Å²) in [7, 11) is 0. The lowest BCUT2D eigenvalue weighted by Crippen LogP contribution is -2.41. The molecule has 1 saturated heterocycles. The molecule has 0 spiro atoms. The Morgan fingerprint density at radius 3 is 2.89 bits per heavy atom. The van der Waals surface area contributed by atoms with Gasteiger partial charge in [-0.2, -0.15) is 0 Å². The molecule has 0 aromatic heterocycles. The quantitative estimate of drug-likeness (QED) is 0.393. The predicted octanol–water partition coefficient (Wildman–Crippen LogP) is 1.74. The van der Waals surface area contributed by atoms with Crippen LogP contribution in [0.5, 0.6) is 0 Å². The minimum absolute atomic E-state index is 0.0354. The molecule has 0 bridgehead atoms. The molecule has 1 unspecified atom stereocenters. The number of nitro groups is 1. The Morgan fingerprint density at radius 2 is 2.21 bits per heavy atom. The molecular weight excluding hydrogens is 268 g/mol. The molecule has 1 aromatic carbocycles. The molecule has 1 aliphatic heterocycles. The van der Waals surface area contributed by atoms with Crippen molar-refractivity contribution >= 4 is 29.3 Å². The summed E-state index contributed by atoms with van der Waals surface area (Å²) in [4.78, 5) is 33.5. The number of carbonyl (C=O) groups excluding carboxylic acids is 2. The average Bonchev–Trinajstić information content (AvgIpc) is 2.38. The second-order valence-electron chi connectivity index (χ2n) is 4.21. The van der Waals surface area contributed by atoms with Crippen molar-refractivity contribution in [3.63, 3.8) is 0 Å². The highest BCUT2D eigenvalue weighted by atomic mass is 32.2. The van der Waals surface area contributed by atoms with E-state index in [0.717, 1.165) is 4.90 Å². The van der Waals surface area contributed by atoms with Crippen LogP contribution in [0.2, 0.25) is 0 Å². The normalized spacial score (nSPS) is 19.1. The van der Waals surface area contributed by atoms with Crippen LogP contribution in [0.3, 0.4) is 0 Å². The number of amides is 2. The Labute approximate surface area is 113 Å². The van der Waals surface area contributed by atoms with Gasteiger partial charge in [0, 0.05) is 35.1 Å². The van der Waals surface area contributed by atoms with Gasteiger partial charge in [-0.25, -0.2) is 0 Å². The first kappa shape index (κ1) is 13.5. The smallest absolute Gasteiger partial charge is 0.270 e. The van der Waals surface area contributed by atoms with Gasteiger partial charge in [0.25, 0.3) is 5.69 Å². The third kappa shape index (κ3) is 3.54. The van der Waals surface area contributed by atoms with Crippen LogP contribution in [-0.2, 0) is 9.59 Å². The number of hydrogen-bond donors (Lipinski definition) is 1. The molecule has 0 saturated carbocycles. The molecule has 1 N–H and O–H groups in total. The fourth-order valence-electron chi connectivity index (χ4n) is 1.78. The molecule has 1 aromatic rings. The maximum absolute atomic E-state index is 11.5. The summed E-state index contributed by atoms with van der Waals surface area (Å²) in [6, 6.07) is 6.29. The highest BCUT2D eigenvalue weighted by molar-refractivity contribution is 7.99. The lowest BCUT2D eigenvalue weighted by atomic mass is 10.0. The number of piperidine rings is 1. The highest BCUT2D eigenvalue weighted by Crippen LogP contribution is 2.27. The number of nitrogens with zero attached hydrogens (tertiary/aromatic N) is 1. The lowest BCUT2D eigenvalue weighted by molar-refractivity contribution is -0.385. The fourth-order valence-corrected chi connectivity index (χ4v) is 2.87. The maximum Gasteiger partial charge on any atom is 0.270 e. The second-order valence-corrected chi connectivity index (χ2v) is 5.31. The average molecular weight is 280 g/mol. The first-order chi connectivity index (χ1) is 9.06. The van der Waals surface area contributed by atoms with Gasteiger partial charge in [-0.3, -0.25) is 25.0 Å². The van der Waals surface area contributed by atoms with E-state index in [-0.39, 0.29) is 23.4 Å². The number of hydrogen-bond acceptors (Lipinski definition) is 5. The number of rotatable bonds is 4. The van der Waals surface area contributed by atoms with E-state index in [2.05, 4.69) is 5.32 Å². The lowest BCUT2D eigenvalue weighted by Gasteiger charge is -2.20. The summed E-state index contributed by atoms with van der Waals surface area (Å²) in [5.74, 6) is -0.196. The van der Waals surface area contributed by atoms with Gasteiger partial charge in [0.2, 0.25) is 11.8 Å². The highest BCUT2D eigenvalue weighted by Gasteiger charge is 2.26. The van der Waals surface area contributed by atoms with Crippen LogP contribution >= 0.6 is 11.8 Å². The van der Waals surface area contributed by atoms with Gasteiger partial charge in [-0.1, -0.05) is 6.07 Å². The summed E-state index contributed by atoms with van der Waals surface area (Å²) in [6.07, 6.45) is 0.887. The maximum atomic E-state index is 11.5. The van der Waals surface area contributed by atoms with Crippen molar-refractivity contribution in [1.82, 2.24) is 5.32 Å². The molecule has 6 nitrogen and oxygen atoms in total. The van der Waals surface area contributed by atoms with Crippen molar-refractivity contribution in [2.45, 2.75) is 17.7 Å². The van der Waals surface area contributed by atoms with Crippen molar-refractivity contribution in [2.24, 2.45) is 5.92 Å². The number of nitro benzene ring substituents is 1. The van der Waals surface area contributed by atoms with Crippen LogP contribution in [0.25, 0.3) is 0 Å². The van der Waals surface area contributed by atoms with E-state index in [1.165, 1.54) is 23.9 Å². The molecule has 0 aliphatic carbocycles. The number of non-ortho nitro benzene ring substituents is 1. The van der Waals surface area contributed by atoms with Gasteiger partial charge in [0.15, 0.2) is 0 Å². The summed E-state index contributed by atoms with van der Waals surface area (Å²) in [5, 5.41) is 12.9. The van der Waals surface area contributed by atoms with E-state index in [0.29, 0.717) is 18.6 Å². The van der Waals surface area contributed by atoms with E-state index < -0.39 is 4.92 Å². The summed E-state index contributed by atoms with van der Waals surface area (Å²) >= 11 is 1.39. The van der Waals surface area contributed by atoms with Crippen LogP contribution in [0, 0.1) is 16.0 Å². The Hall–Kier alpha value is -1.89. The van der Waals surface area contributed by atoms with Gasteiger partial charge in [0.05, 0.1) is 4.92 Å². The van der Waals surface area contributed by atoms with Crippen LogP contribution < -0.4 is 5.32 Å². The number of carbonyl (C=O) groups is 2. The Bertz CT molecular complexity index is 532. The first-order valence-electron chi connectivity index (χ1n) is 5.77. The molecule has 7 heteroatoms.